The third-order valence-electron chi connectivity index (χ3n) is 5.36. The number of benzene rings is 3. The predicted octanol–water partition coefficient (Wildman–Crippen LogP) is 5.00. The highest BCUT2D eigenvalue weighted by atomic mass is 16.5. The smallest absolute Gasteiger partial charge is 0.123 e. The van der Waals surface area contributed by atoms with E-state index in [9.17, 15) is 0 Å². The molecule has 152 valence electrons. The van der Waals surface area contributed by atoms with Crippen molar-refractivity contribution in [3.8, 4) is 17.2 Å². The Morgan fingerprint density at radius 1 is 0.655 bits per heavy atom. The highest BCUT2D eigenvalue weighted by molar-refractivity contribution is 5.45. The van der Waals surface area contributed by atoms with E-state index in [1.807, 2.05) is 49.5 Å². The molecule has 0 aliphatic rings. The summed E-state index contributed by atoms with van der Waals surface area (Å²) in [5.74, 6) is 2.74. The van der Waals surface area contributed by atoms with E-state index in [2.05, 4.69) is 35.6 Å². The molecule has 0 aliphatic heterocycles. The molecule has 0 saturated carbocycles. The third kappa shape index (κ3) is 4.54. The van der Waals surface area contributed by atoms with E-state index in [0.29, 0.717) is 0 Å². The van der Waals surface area contributed by atoms with Crippen LogP contribution in [0.15, 0.2) is 72.8 Å². The summed E-state index contributed by atoms with van der Waals surface area (Å²) in [7, 11) is 7.13. The average molecular weight is 392 g/mol. The van der Waals surface area contributed by atoms with E-state index in [-0.39, 0.29) is 12.0 Å². The highest BCUT2D eigenvalue weighted by Gasteiger charge is 2.29. The zero-order chi connectivity index (χ0) is 20.6. The van der Waals surface area contributed by atoms with Crippen LogP contribution in [0, 0.1) is 0 Å². The fraction of sp³-hybridized carbons (Fsp3) is 0.280. The minimum Gasteiger partial charge on any atom is -0.496 e. The molecule has 0 radical (unpaired) electrons. The number of para-hydroxylation sites is 3. The van der Waals surface area contributed by atoms with Crippen molar-refractivity contribution in [1.29, 1.82) is 0 Å². The normalized spacial score (nSPS) is 12.8. The van der Waals surface area contributed by atoms with Crippen molar-refractivity contribution < 1.29 is 14.2 Å². The van der Waals surface area contributed by atoms with Gasteiger partial charge in [0.05, 0.1) is 21.3 Å². The van der Waals surface area contributed by atoms with E-state index < -0.39 is 0 Å². The zero-order valence-corrected chi connectivity index (χ0v) is 17.5. The van der Waals surface area contributed by atoms with Crippen molar-refractivity contribution in [3.05, 3.63) is 89.5 Å². The molecule has 0 fully saturated rings. The summed E-state index contributed by atoms with van der Waals surface area (Å²) in [4.78, 5) is 0. The molecule has 0 amide bonds. The summed E-state index contributed by atoms with van der Waals surface area (Å²) in [6.45, 7) is 0. The van der Waals surface area contributed by atoms with Crippen LogP contribution in [0.25, 0.3) is 0 Å². The van der Waals surface area contributed by atoms with Gasteiger partial charge in [0.25, 0.3) is 0 Å². The van der Waals surface area contributed by atoms with Crippen LogP contribution < -0.4 is 19.5 Å². The lowest BCUT2D eigenvalue weighted by Crippen LogP contribution is -2.26. The lowest BCUT2D eigenvalue weighted by atomic mass is 9.81. The van der Waals surface area contributed by atoms with Gasteiger partial charge in [-0.25, -0.2) is 0 Å². The second-order valence-electron chi connectivity index (χ2n) is 6.87. The first-order valence-corrected chi connectivity index (χ1v) is 9.78. The van der Waals surface area contributed by atoms with E-state index in [0.717, 1.165) is 40.4 Å². The topological polar surface area (TPSA) is 39.7 Å². The van der Waals surface area contributed by atoms with Gasteiger partial charge in [-0.2, -0.15) is 0 Å². The summed E-state index contributed by atoms with van der Waals surface area (Å²) >= 11 is 0. The Bertz CT molecular complexity index is 925. The van der Waals surface area contributed by atoms with Gasteiger partial charge in [-0.1, -0.05) is 54.6 Å². The fourth-order valence-corrected chi connectivity index (χ4v) is 3.99. The molecule has 29 heavy (non-hydrogen) atoms. The number of methoxy groups -OCH3 is 3. The minimum absolute atomic E-state index is 0.0207. The number of rotatable bonds is 9. The molecule has 2 unspecified atom stereocenters. The Morgan fingerprint density at radius 2 is 1.14 bits per heavy atom. The van der Waals surface area contributed by atoms with Crippen molar-refractivity contribution in [2.75, 3.05) is 28.4 Å². The molecule has 4 heteroatoms. The first-order chi connectivity index (χ1) is 14.2. The summed E-state index contributed by atoms with van der Waals surface area (Å²) in [6.07, 6.45) is 0.786. The van der Waals surface area contributed by atoms with Crippen LogP contribution in [0.4, 0.5) is 0 Å². The number of hydrogen-bond acceptors (Lipinski definition) is 4. The van der Waals surface area contributed by atoms with Gasteiger partial charge in [0.1, 0.15) is 17.2 Å². The summed E-state index contributed by atoms with van der Waals surface area (Å²) in [6, 6.07) is 24.6. The third-order valence-corrected chi connectivity index (χ3v) is 5.36. The SMILES string of the molecule is CNC(c1ccccc1OC)C(Cc1ccccc1OC)c1ccccc1OC. The molecule has 0 spiro atoms. The van der Waals surface area contributed by atoms with Crippen molar-refractivity contribution in [1.82, 2.24) is 5.32 Å². The molecular weight excluding hydrogens is 362 g/mol. The van der Waals surface area contributed by atoms with Crippen molar-refractivity contribution >= 4 is 0 Å². The van der Waals surface area contributed by atoms with Crippen molar-refractivity contribution in [3.63, 3.8) is 0 Å². The number of likely N-dealkylation sites (N-methyl/N-ethyl adjacent to an activating group) is 1. The fourth-order valence-electron chi connectivity index (χ4n) is 3.99. The maximum atomic E-state index is 5.72. The van der Waals surface area contributed by atoms with Gasteiger partial charge in [-0.3, -0.25) is 0 Å². The molecule has 0 heterocycles. The minimum atomic E-state index is 0.0207. The number of nitrogens with one attached hydrogen (secondary N) is 1. The molecule has 0 aromatic heterocycles. The lowest BCUT2D eigenvalue weighted by molar-refractivity contribution is 0.373. The zero-order valence-electron chi connectivity index (χ0n) is 17.5. The van der Waals surface area contributed by atoms with Gasteiger partial charge < -0.3 is 19.5 Å². The van der Waals surface area contributed by atoms with Crippen LogP contribution in [0.3, 0.4) is 0 Å². The quantitative estimate of drug-likeness (QED) is 0.557. The van der Waals surface area contributed by atoms with Crippen LogP contribution in [-0.4, -0.2) is 28.4 Å². The molecule has 3 aromatic carbocycles. The van der Waals surface area contributed by atoms with Gasteiger partial charge in [0.15, 0.2) is 0 Å². The van der Waals surface area contributed by atoms with Gasteiger partial charge in [-0.05, 0) is 42.8 Å². The Hall–Kier alpha value is -2.98. The Balaban J connectivity index is 2.13. The summed E-state index contributed by atoms with van der Waals surface area (Å²) < 4.78 is 17.0. The maximum absolute atomic E-state index is 5.72. The molecule has 3 rings (SSSR count). The highest BCUT2D eigenvalue weighted by Crippen LogP contribution is 2.42. The molecule has 1 N–H and O–H groups in total. The molecule has 0 bridgehead atoms. The molecule has 2 atom stereocenters. The molecular formula is C25H29NO3. The van der Waals surface area contributed by atoms with Gasteiger partial charge >= 0.3 is 0 Å². The van der Waals surface area contributed by atoms with Crippen LogP contribution in [0.1, 0.15) is 28.7 Å². The largest absolute Gasteiger partial charge is 0.496 e. The van der Waals surface area contributed by atoms with Crippen LogP contribution in [0.2, 0.25) is 0 Å². The van der Waals surface area contributed by atoms with E-state index >= 15 is 0 Å². The van der Waals surface area contributed by atoms with E-state index in [1.165, 1.54) is 0 Å². The Morgan fingerprint density at radius 3 is 1.72 bits per heavy atom. The summed E-state index contributed by atoms with van der Waals surface area (Å²) in [5.41, 5.74) is 3.41. The monoisotopic (exact) mass is 391 g/mol. The molecule has 0 aliphatic carbocycles. The maximum Gasteiger partial charge on any atom is 0.123 e. The van der Waals surface area contributed by atoms with Gasteiger partial charge in [0, 0.05) is 17.5 Å². The van der Waals surface area contributed by atoms with Crippen molar-refractivity contribution in [2.24, 2.45) is 0 Å². The van der Waals surface area contributed by atoms with Gasteiger partial charge in [0.2, 0.25) is 0 Å². The Kier molecular flexibility index (Phi) is 7.14. The lowest BCUT2D eigenvalue weighted by Gasteiger charge is -2.30. The molecule has 4 nitrogen and oxygen atoms in total. The standard InChI is InChI=1S/C25H29NO3/c1-26-25(20-13-7-10-16-24(20)29-4)21(19-12-6-9-15-23(19)28-3)17-18-11-5-8-14-22(18)27-2/h5-16,21,25-26H,17H2,1-4H3. The predicted molar refractivity (Wildman–Crippen MR) is 117 cm³/mol. The molecule has 3 aromatic rings. The first kappa shape index (κ1) is 20.7. The number of hydrogen-bond donors (Lipinski definition) is 1. The second-order valence-corrected chi connectivity index (χ2v) is 6.87. The van der Waals surface area contributed by atoms with E-state index in [4.69, 9.17) is 14.2 Å². The van der Waals surface area contributed by atoms with Crippen LogP contribution >= 0.6 is 0 Å². The summed E-state index contributed by atoms with van der Waals surface area (Å²) in [5, 5.41) is 3.52. The van der Waals surface area contributed by atoms with E-state index in [1.54, 1.807) is 21.3 Å². The first-order valence-electron chi connectivity index (χ1n) is 9.78. The van der Waals surface area contributed by atoms with Gasteiger partial charge in [-0.15, -0.1) is 0 Å². The van der Waals surface area contributed by atoms with Crippen LogP contribution in [0.5, 0.6) is 17.2 Å². The second kappa shape index (κ2) is 9.99. The Labute approximate surface area is 173 Å². The average Bonchev–Trinajstić information content (AvgIpc) is 2.79. The van der Waals surface area contributed by atoms with Crippen LogP contribution in [-0.2, 0) is 6.42 Å². The molecule has 0 saturated heterocycles. The number of ether oxygens (including phenoxy) is 3. The van der Waals surface area contributed by atoms with Crippen molar-refractivity contribution in [2.45, 2.75) is 18.4 Å².